The average molecular weight is 446 g/mol. The molecule has 9 nitrogen and oxygen atoms in total. The van der Waals surface area contributed by atoms with Crippen LogP contribution in [0.5, 0.6) is 0 Å². The Morgan fingerprint density at radius 1 is 1.26 bits per heavy atom. The van der Waals surface area contributed by atoms with E-state index in [0.717, 1.165) is 18.4 Å². The maximum absolute atomic E-state index is 12.4. The topological polar surface area (TPSA) is 117 Å². The number of nitrogens with zero attached hydrogens (tertiary/aromatic N) is 3. The molecule has 2 N–H and O–H groups in total. The number of ether oxygens (including phenoxy) is 1. The molecule has 0 aliphatic rings. The summed E-state index contributed by atoms with van der Waals surface area (Å²) >= 11 is 1.27. The number of carbonyl (C=O) groups excluding carboxylic acids is 2. The molecule has 0 saturated heterocycles. The lowest BCUT2D eigenvalue weighted by molar-refractivity contribution is 0.00298. The summed E-state index contributed by atoms with van der Waals surface area (Å²) in [6, 6.07) is 8.89. The Bertz CT molecular complexity index is 915. The van der Waals surface area contributed by atoms with E-state index in [1.807, 2.05) is 30.5 Å². The molecule has 0 aliphatic heterocycles. The highest BCUT2D eigenvalue weighted by Gasteiger charge is 2.18. The lowest BCUT2D eigenvalue weighted by atomic mass is 10.1. The van der Waals surface area contributed by atoms with Gasteiger partial charge in [0.15, 0.2) is 0 Å². The summed E-state index contributed by atoms with van der Waals surface area (Å²) in [6.45, 7) is 7.85. The van der Waals surface area contributed by atoms with Crippen LogP contribution in [-0.4, -0.2) is 40.8 Å². The molecule has 0 atom stereocenters. The van der Waals surface area contributed by atoms with Crippen molar-refractivity contribution in [3.8, 4) is 17.3 Å². The molecule has 1 heterocycles. The largest absolute Gasteiger partial charge is 0.533 e. The van der Waals surface area contributed by atoms with Gasteiger partial charge in [-0.25, -0.2) is 14.6 Å². The summed E-state index contributed by atoms with van der Waals surface area (Å²) in [5.41, 5.74) is 3.97. The monoisotopic (exact) mass is 445 g/mol. The average Bonchev–Trinajstić information content (AvgIpc) is 3.18. The van der Waals surface area contributed by atoms with Crippen LogP contribution in [0.15, 0.2) is 29.6 Å². The normalized spacial score (nSPS) is 10.7. The highest BCUT2D eigenvalue weighted by molar-refractivity contribution is 7.14. The van der Waals surface area contributed by atoms with Crippen molar-refractivity contribution in [3.05, 3.63) is 29.6 Å². The summed E-state index contributed by atoms with van der Waals surface area (Å²) < 4.78 is 5.05. The molecule has 1 aromatic heterocycles. The van der Waals surface area contributed by atoms with Crippen molar-refractivity contribution in [1.82, 2.24) is 9.88 Å². The van der Waals surface area contributed by atoms with Gasteiger partial charge in [0, 0.05) is 23.2 Å². The standard InChI is InChI=1S/C21H27N5O4S/c1-5-6-12-26(13-11-22)19(27)23-16-9-7-15(8-10-16)17-14-31-18(24-17)25-30-20(28)29-21(2,3)4/h7-10,14H,5-6,12-13H2,1-4H3,(H,23,27)(H,24,25). The molecule has 1 aromatic carbocycles. The second-order valence-corrected chi connectivity index (χ2v) is 8.51. The number of aromatic nitrogens is 1. The second-order valence-electron chi connectivity index (χ2n) is 7.65. The number of thiazole rings is 1. The van der Waals surface area contributed by atoms with Gasteiger partial charge in [-0.15, -0.1) is 11.3 Å². The molecule has 2 amide bonds. The van der Waals surface area contributed by atoms with Gasteiger partial charge in [0.05, 0.1) is 11.8 Å². The molecule has 0 fully saturated rings. The number of hydrogen-bond acceptors (Lipinski definition) is 8. The summed E-state index contributed by atoms with van der Waals surface area (Å²) in [4.78, 5) is 34.7. The number of nitriles is 1. The highest BCUT2D eigenvalue weighted by Crippen LogP contribution is 2.26. The van der Waals surface area contributed by atoms with Gasteiger partial charge in [0.25, 0.3) is 0 Å². The third-order valence-electron chi connectivity index (χ3n) is 3.88. The third kappa shape index (κ3) is 8.14. The lowest BCUT2D eigenvalue weighted by Gasteiger charge is -2.19. The van der Waals surface area contributed by atoms with Gasteiger partial charge >= 0.3 is 12.2 Å². The van der Waals surface area contributed by atoms with Crippen LogP contribution < -0.4 is 10.8 Å². The van der Waals surface area contributed by atoms with E-state index in [-0.39, 0.29) is 12.6 Å². The van der Waals surface area contributed by atoms with Crippen molar-refractivity contribution in [1.29, 1.82) is 5.26 Å². The van der Waals surface area contributed by atoms with Crippen molar-refractivity contribution < 1.29 is 19.2 Å². The minimum absolute atomic E-state index is 0.0455. The first kappa shape index (κ1) is 24.0. The van der Waals surface area contributed by atoms with Gasteiger partial charge in [0.1, 0.15) is 12.1 Å². The number of anilines is 2. The Kier molecular flexibility index (Phi) is 8.63. The first-order chi connectivity index (χ1) is 14.7. The van der Waals surface area contributed by atoms with Gasteiger partial charge in [0.2, 0.25) is 5.13 Å². The predicted molar refractivity (Wildman–Crippen MR) is 120 cm³/mol. The predicted octanol–water partition coefficient (Wildman–Crippen LogP) is 5.25. The summed E-state index contributed by atoms with van der Waals surface area (Å²) in [5, 5.41) is 13.9. The smallest absolute Gasteiger partial charge is 0.427 e. The van der Waals surface area contributed by atoms with Crippen LogP contribution in [0, 0.1) is 11.3 Å². The van der Waals surface area contributed by atoms with E-state index in [2.05, 4.69) is 15.8 Å². The molecule has 0 unspecified atom stereocenters. The number of unbranched alkanes of at least 4 members (excludes halogenated alkanes) is 1. The first-order valence-corrected chi connectivity index (χ1v) is 10.7. The van der Waals surface area contributed by atoms with Crippen LogP contribution in [0.2, 0.25) is 0 Å². The van der Waals surface area contributed by atoms with Crippen LogP contribution in [0.1, 0.15) is 40.5 Å². The minimum Gasteiger partial charge on any atom is -0.427 e. The number of rotatable bonds is 8. The van der Waals surface area contributed by atoms with Crippen LogP contribution >= 0.6 is 11.3 Å². The Hall–Kier alpha value is -3.32. The van der Waals surface area contributed by atoms with Crippen molar-refractivity contribution in [3.63, 3.8) is 0 Å². The maximum Gasteiger partial charge on any atom is 0.533 e. The second kappa shape index (κ2) is 11.2. The van der Waals surface area contributed by atoms with Gasteiger partial charge in [-0.05, 0) is 39.3 Å². The quantitative estimate of drug-likeness (QED) is 0.324. The van der Waals surface area contributed by atoms with E-state index in [4.69, 9.17) is 14.8 Å². The van der Waals surface area contributed by atoms with E-state index >= 15 is 0 Å². The molecule has 2 aromatic rings. The number of carbonyl (C=O) groups is 2. The molecule has 0 radical (unpaired) electrons. The van der Waals surface area contributed by atoms with E-state index < -0.39 is 11.8 Å². The lowest BCUT2D eigenvalue weighted by Crippen LogP contribution is -2.36. The van der Waals surface area contributed by atoms with Crippen molar-refractivity contribution in [2.24, 2.45) is 0 Å². The van der Waals surface area contributed by atoms with Crippen molar-refractivity contribution in [2.45, 2.75) is 46.1 Å². The Balaban J connectivity index is 1.94. The van der Waals surface area contributed by atoms with Crippen LogP contribution in [0.3, 0.4) is 0 Å². The van der Waals surface area contributed by atoms with Gasteiger partial charge < -0.3 is 19.8 Å². The SMILES string of the molecule is CCCCN(CC#N)C(=O)Nc1ccc(-c2csc(NOC(=O)OC(C)(C)C)n2)cc1. The van der Waals surface area contributed by atoms with E-state index in [1.165, 1.54) is 16.2 Å². The van der Waals surface area contributed by atoms with Crippen molar-refractivity contribution >= 4 is 34.3 Å². The van der Waals surface area contributed by atoms with Gasteiger partial charge in [-0.1, -0.05) is 25.5 Å². The van der Waals surface area contributed by atoms with Gasteiger partial charge in [-0.3, -0.25) is 0 Å². The molecule has 0 bridgehead atoms. The van der Waals surface area contributed by atoms with E-state index in [0.29, 0.717) is 23.1 Å². The molecular formula is C21H27N5O4S. The summed E-state index contributed by atoms with van der Waals surface area (Å²) in [5.74, 6) is 0. The Morgan fingerprint density at radius 2 is 1.97 bits per heavy atom. The number of urea groups is 1. The Morgan fingerprint density at radius 3 is 2.58 bits per heavy atom. The van der Waals surface area contributed by atoms with Crippen molar-refractivity contribution in [2.75, 3.05) is 23.9 Å². The number of amides is 2. The number of hydrogen-bond donors (Lipinski definition) is 2. The molecule has 166 valence electrons. The van der Waals surface area contributed by atoms with Crippen LogP contribution in [-0.2, 0) is 9.57 Å². The number of nitrogens with one attached hydrogen (secondary N) is 2. The fraction of sp³-hybridized carbons (Fsp3) is 0.429. The minimum atomic E-state index is -0.839. The zero-order chi connectivity index (χ0) is 22.9. The Labute approximate surface area is 185 Å². The van der Waals surface area contributed by atoms with Gasteiger partial charge in [-0.2, -0.15) is 10.7 Å². The highest BCUT2D eigenvalue weighted by atomic mass is 32.1. The third-order valence-corrected chi connectivity index (χ3v) is 4.62. The fourth-order valence-electron chi connectivity index (χ4n) is 2.42. The fourth-order valence-corrected chi connectivity index (χ4v) is 3.08. The van der Waals surface area contributed by atoms with E-state index in [1.54, 1.807) is 32.9 Å². The molecule has 2 rings (SSSR count). The van der Waals surface area contributed by atoms with E-state index in [9.17, 15) is 9.59 Å². The van der Waals surface area contributed by atoms with Crippen LogP contribution in [0.25, 0.3) is 11.3 Å². The maximum atomic E-state index is 12.4. The first-order valence-electron chi connectivity index (χ1n) is 9.86. The molecule has 0 aliphatic carbocycles. The zero-order valence-corrected chi connectivity index (χ0v) is 18.9. The summed E-state index contributed by atoms with van der Waals surface area (Å²) in [7, 11) is 0. The van der Waals surface area contributed by atoms with Crippen LogP contribution in [0.4, 0.5) is 20.4 Å². The summed E-state index contributed by atoms with van der Waals surface area (Å²) in [6.07, 6.45) is 0.942. The molecule has 10 heteroatoms. The molecular weight excluding hydrogens is 418 g/mol. The number of benzene rings is 1. The zero-order valence-electron chi connectivity index (χ0n) is 18.1. The molecule has 31 heavy (non-hydrogen) atoms. The molecule has 0 spiro atoms. The molecule has 0 saturated carbocycles.